The zero-order valence-corrected chi connectivity index (χ0v) is 14.9. The standard InChI is InChI=1S/2C7H14.C5H11NO/c2*1-7-5-3-2-4-6-7;1-6-2-4-7-5-3-6/h2*7H,2-6H2,1H3;2-5H2,1H3. The summed E-state index contributed by atoms with van der Waals surface area (Å²) in [5.74, 6) is 2.07. The van der Waals surface area contributed by atoms with E-state index in [1.54, 1.807) is 0 Å². The Morgan fingerprint density at radius 3 is 1.24 bits per heavy atom. The van der Waals surface area contributed by atoms with Crippen LogP contribution in [0.1, 0.15) is 78.1 Å². The van der Waals surface area contributed by atoms with E-state index in [0.717, 1.165) is 38.1 Å². The summed E-state index contributed by atoms with van der Waals surface area (Å²) in [6.07, 6.45) is 14.9. The Morgan fingerprint density at radius 1 is 0.667 bits per heavy atom. The van der Waals surface area contributed by atoms with Gasteiger partial charge in [0.05, 0.1) is 13.2 Å². The van der Waals surface area contributed by atoms with Crippen LogP contribution in [0.15, 0.2) is 0 Å². The summed E-state index contributed by atoms with van der Waals surface area (Å²) in [7, 11) is 2.11. The third kappa shape index (κ3) is 11.2. The molecule has 1 aliphatic heterocycles. The monoisotopic (exact) mass is 297 g/mol. The maximum atomic E-state index is 5.10. The molecule has 0 N–H and O–H groups in total. The van der Waals surface area contributed by atoms with Crippen molar-refractivity contribution in [3.05, 3.63) is 0 Å². The molecule has 2 nitrogen and oxygen atoms in total. The number of morpholine rings is 1. The van der Waals surface area contributed by atoms with Crippen LogP contribution >= 0.6 is 0 Å². The van der Waals surface area contributed by atoms with E-state index >= 15 is 0 Å². The summed E-state index contributed by atoms with van der Waals surface area (Å²) in [6.45, 7) is 8.74. The van der Waals surface area contributed by atoms with Gasteiger partial charge in [0.15, 0.2) is 0 Å². The molecule has 1 heterocycles. The molecule has 21 heavy (non-hydrogen) atoms. The Balaban J connectivity index is 0.000000157. The van der Waals surface area contributed by atoms with Crippen molar-refractivity contribution in [3.63, 3.8) is 0 Å². The molecule has 3 aliphatic rings. The van der Waals surface area contributed by atoms with E-state index in [-0.39, 0.29) is 0 Å². The van der Waals surface area contributed by atoms with Gasteiger partial charge in [0.1, 0.15) is 0 Å². The van der Waals surface area contributed by atoms with Gasteiger partial charge in [-0.1, -0.05) is 78.1 Å². The molecule has 0 amide bonds. The van der Waals surface area contributed by atoms with Crippen molar-refractivity contribution in [2.75, 3.05) is 33.4 Å². The molecule has 0 aromatic carbocycles. The van der Waals surface area contributed by atoms with Crippen molar-refractivity contribution >= 4 is 0 Å². The molecule has 0 bridgehead atoms. The highest BCUT2D eigenvalue weighted by molar-refractivity contribution is 4.60. The van der Waals surface area contributed by atoms with Crippen LogP contribution in [-0.2, 0) is 4.74 Å². The maximum Gasteiger partial charge on any atom is 0.0594 e. The van der Waals surface area contributed by atoms with E-state index in [4.69, 9.17) is 4.74 Å². The molecule has 2 saturated carbocycles. The predicted molar refractivity (Wildman–Crippen MR) is 92.8 cm³/mol. The molecule has 3 rings (SSSR count). The fourth-order valence-electron chi connectivity index (χ4n) is 3.27. The molecular formula is C19H39NO. The van der Waals surface area contributed by atoms with Crippen molar-refractivity contribution in [2.24, 2.45) is 11.8 Å². The van der Waals surface area contributed by atoms with Crippen LogP contribution in [-0.4, -0.2) is 38.3 Å². The molecule has 1 saturated heterocycles. The molecule has 0 spiro atoms. The van der Waals surface area contributed by atoms with Gasteiger partial charge in [-0.2, -0.15) is 0 Å². The first-order chi connectivity index (χ1) is 10.2. The fourth-order valence-corrected chi connectivity index (χ4v) is 3.27. The number of likely N-dealkylation sites (N-methyl/N-ethyl adjacent to an activating group) is 1. The molecule has 0 aromatic rings. The van der Waals surface area contributed by atoms with Crippen molar-refractivity contribution in [2.45, 2.75) is 78.1 Å². The van der Waals surface area contributed by atoms with Crippen LogP contribution in [0.4, 0.5) is 0 Å². The molecule has 0 atom stereocenters. The summed E-state index contributed by atoms with van der Waals surface area (Å²) in [4.78, 5) is 2.27. The van der Waals surface area contributed by atoms with E-state index in [1.165, 1.54) is 64.2 Å². The summed E-state index contributed by atoms with van der Waals surface area (Å²) in [5, 5.41) is 0. The molecule has 2 aliphatic carbocycles. The van der Waals surface area contributed by atoms with Gasteiger partial charge >= 0.3 is 0 Å². The van der Waals surface area contributed by atoms with Gasteiger partial charge in [-0.25, -0.2) is 0 Å². The minimum atomic E-state index is 0.913. The molecule has 0 aromatic heterocycles. The average Bonchev–Trinajstić information content (AvgIpc) is 2.51. The average molecular weight is 298 g/mol. The summed E-state index contributed by atoms with van der Waals surface area (Å²) >= 11 is 0. The Kier molecular flexibility index (Phi) is 11.3. The smallest absolute Gasteiger partial charge is 0.0594 e. The maximum absolute atomic E-state index is 5.10. The first-order valence-electron chi connectivity index (χ1n) is 9.44. The van der Waals surface area contributed by atoms with Crippen LogP contribution < -0.4 is 0 Å². The summed E-state index contributed by atoms with van der Waals surface area (Å²) < 4.78 is 5.10. The van der Waals surface area contributed by atoms with Gasteiger partial charge in [0, 0.05) is 13.1 Å². The van der Waals surface area contributed by atoms with Gasteiger partial charge in [-0.05, 0) is 18.9 Å². The normalized spacial score (nSPS) is 25.3. The highest BCUT2D eigenvalue weighted by Gasteiger charge is 2.06. The lowest BCUT2D eigenvalue weighted by atomic mass is 9.91. The molecule has 2 heteroatoms. The van der Waals surface area contributed by atoms with Crippen molar-refractivity contribution in [1.29, 1.82) is 0 Å². The van der Waals surface area contributed by atoms with Gasteiger partial charge < -0.3 is 9.64 Å². The highest BCUT2D eigenvalue weighted by atomic mass is 16.5. The quantitative estimate of drug-likeness (QED) is 0.615. The van der Waals surface area contributed by atoms with E-state index in [2.05, 4.69) is 25.8 Å². The second-order valence-corrected chi connectivity index (χ2v) is 7.40. The minimum Gasteiger partial charge on any atom is -0.379 e. The summed E-state index contributed by atoms with van der Waals surface area (Å²) in [6, 6.07) is 0. The Morgan fingerprint density at radius 2 is 1.05 bits per heavy atom. The largest absolute Gasteiger partial charge is 0.379 e. The first-order valence-corrected chi connectivity index (χ1v) is 9.44. The van der Waals surface area contributed by atoms with Crippen LogP contribution in [0.3, 0.4) is 0 Å². The lowest BCUT2D eigenvalue weighted by molar-refractivity contribution is 0.0503. The predicted octanol–water partition coefficient (Wildman–Crippen LogP) is 5.12. The van der Waals surface area contributed by atoms with Gasteiger partial charge in [-0.3, -0.25) is 0 Å². The Hall–Kier alpha value is -0.0800. The summed E-state index contributed by atoms with van der Waals surface area (Å²) in [5.41, 5.74) is 0. The van der Waals surface area contributed by atoms with Gasteiger partial charge in [0.2, 0.25) is 0 Å². The molecule has 0 unspecified atom stereocenters. The topological polar surface area (TPSA) is 12.5 Å². The van der Waals surface area contributed by atoms with E-state index in [9.17, 15) is 0 Å². The van der Waals surface area contributed by atoms with Gasteiger partial charge in [0.25, 0.3) is 0 Å². The highest BCUT2D eigenvalue weighted by Crippen LogP contribution is 2.22. The Labute approximate surface area is 133 Å². The second kappa shape index (κ2) is 12.5. The van der Waals surface area contributed by atoms with Crippen LogP contribution in [0, 0.1) is 11.8 Å². The second-order valence-electron chi connectivity index (χ2n) is 7.40. The number of nitrogens with zero attached hydrogens (tertiary/aromatic N) is 1. The lowest BCUT2D eigenvalue weighted by Crippen LogP contribution is -2.32. The molecular weight excluding hydrogens is 258 g/mol. The zero-order chi connectivity index (χ0) is 15.3. The van der Waals surface area contributed by atoms with E-state index in [0.29, 0.717) is 0 Å². The van der Waals surface area contributed by atoms with Crippen molar-refractivity contribution in [3.8, 4) is 0 Å². The minimum absolute atomic E-state index is 0.913. The van der Waals surface area contributed by atoms with E-state index < -0.39 is 0 Å². The third-order valence-corrected chi connectivity index (χ3v) is 5.02. The molecule has 126 valence electrons. The Bertz CT molecular complexity index is 176. The molecule has 0 radical (unpaired) electrons. The fraction of sp³-hybridized carbons (Fsp3) is 1.00. The van der Waals surface area contributed by atoms with Crippen LogP contribution in [0.25, 0.3) is 0 Å². The third-order valence-electron chi connectivity index (χ3n) is 5.02. The van der Waals surface area contributed by atoms with Crippen molar-refractivity contribution in [1.82, 2.24) is 4.90 Å². The molecule has 3 fully saturated rings. The van der Waals surface area contributed by atoms with Crippen LogP contribution in [0.5, 0.6) is 0 Å². The van der Waals surface area contributed by atoms with Gasteiger partial charge in [-0.15, -0.1) is 0 Å². The first kappa shape index (κ1) is 19.0. The number of ether oxygens (including phenoxy) is 1. The zero-order valence-electron chi connectivity index (χ0n) is 14.9. The number of rotatable bonds is 0. The van der Waals surface area contributed by atoms with E-state index in [1.807, 2.05) is 0 Å². The lowest BCUT2D eigenvalue weighted by Gasteiger charge is -2.21. The SMILES string of the molecule is CC1CCCCC1.CC1CCCCC1.CN1CCOCC1. The number of hydrogen-bond acceptors (Lipinski definition) is 2. The number of hydrogen-bond donors (Lipinski definition) is 0. The van der Waals surface area contributed by atoms with Crippen molar-refractivity contribution < 1.29 is 4.74 Å². The van der Waals surface area contributed by atoms with Crippen LogP contribution in [0.2, 0.25) is 0 Å².